The Hall–Kier alpha value is -2.11. The molecule has 2 heterocycles. The fourth-order valence-corrected chi connectivity index (χ4v) is 3.69. The first-order chi connectivity index (χ1) is 12.0. The number of hydrogen-bond acceptors (Lipinski definition) is 4. The second-order valence-corrected chi connectivity index (χ2v) is 7.49. The number of carbonyl (C=O) groups is 1. The highest BCUT2D eigenvalue weighted by molar-refractivity contribution is 7.07. The standard InChI is InChI=1S/C20H24N2O2S/c1-13-7-17-16(11-24-19(17)8-14(13)2)9-20(23)21-10-18(22(3)4)15-5-6-25-12-15/h5-8,11-12,18H,9-10H2,1-4H3,(H,21,23). The van der Waals surface area contributed by atoms with Gasteiger partial charge in [0.1, 0.15) is 5.58 Å². The van der Waals surface area contributed by atoms with Gasteiger partial charge in [0.15, 0.2) is 0 Å². The first kappa shape index (κ1) is 17.7. The molecule has 0 spiro atoms. The van der Waals surface area contributed by atoms with Gasteiger partial charge in [-0.25, -0.2) is 0 Å². The van der Waals surface area contributed by atoms with Crippen LogP contribution in [-0.2, 0) is 11.2 Å². The van der Waals surface area contributed by atoms with Crippen LogP contribution in [-0.4, -0.2) is 31.4 Å². The summed E-state index contributed by atoms with van der Waals surface area (Å²) in [4.78, 5) is 14.6. The molecular weight excluding hydrogens is 332 g/mol. The number of amides is 1. The summed E-state index contributed by atoms with van der Waals surface area (Å²) in [6, 6.07) is 6.42. The van der Waals surface area contributed by atoms with Crippen molar-refractivity contribution >= 4 is 28.2 Å². The Balaban J connectivity index is 1.67. The molecule has 0 saturated heterocycles. The van der Waals surface area contributed by atoms with Crippen LogP contribution in [0.25, 0.3) is 11.0 Å². The maximum absolute atomic E-state index is 12.4. The van der Waals surface area contributed by atoms with Crippen molar-refractivity contribution in [2.75, 3.05) is 20.6 Å². The highest BCUT2D eigenvalue weighted by Gasteiger charge is 2.17. The van der Waals surface area contributed by atoms with Gasteiger partial charge in [-0.2, -0.15) is 11.3 Å². The van der Waals surface area contributed by atoms with Crippen molar-refractivity contribution in [2.45, 2.75) is 26.3 Å². The first-order valence-electron chi connectivity index (χ1n) is 8.38. The van der Waals surface area contributed by atoms with Crippen molar-refractivity contribution in [1.82, 2.24) is 10.2 Å². The van der Waals surface area contributed by atoms with Crippen molar-refractivity contribution in [3.8, 4) is 0 Å². The van der Waals surface area contributed by atoms with E-state index < -0.39 is 0 Å². The smallest absolute Gasteiger partial charge is 0.224 e. The number of nitrogens with one attached hydrogen (secondary N) is 1. The molecular formula is C20H24N2O2S. The Labute approximate surface area is 152 Å². The van der Waals surface area contributed by atoms with Crippen molar-refractivity contribution in [3.05, 3.63) is 57.5 Å². The third-order valence-corrected chi connectivity index (χ3v) is 5.37. The van der Waals surface area contributed by atoms with E-state index >= 15 is 0 Å². The number of furan rings is 1. The maximum Gasteiger partial charge on any atom is 0.224 e. The van der Waals surface area contributed by atoms with Gasteiger partial charge in [0.25, 0.3) is 0 Å². The number of likely N-dealkylation sites (N-methyl/N-ethyl adjacent to an activating group) is 1. The fourth-order valence-electron chi connectivity index (χ4n) is 2.98. The van der Waals surface area contributed by atoms with Crippen LogP contribution in [0.3, 0.4) is 0 Å². The largest absolute Gasteiger partial charge is 0.464 e. The first-order valence-corrected chi connectivity index (χ1v) is 9.32. The highest BCUT2D eigenvalue weighted by Crippen LogP contribution is 2.25. The molecule has 5 heteroatoms. The van der Waals surface area contributed by atoms with E-state index in [2.05, 4.69) is 47.0 Å². The molecule has 1 unspecified atom stereocenters. The summed E-state index contributed by atoms with van der Waals surface area (Å²) >= 11 is 1.68. The maximum atomic E-state index is 12.4. The number of carbonyl (C=O) groups excluding carboxylic acids is 1. The lowest BCUT2D eigenvalue weighted by Gasteiger charge is -2.24. The lowest BCUT2D eigenvalue weighted by Crippen LogP contribution is -2.35. The second-order valence-electron chi connectivity index (χ2n) is 6.71. The molecule has 3 rings (SSSR count). The van der Waals surface area contributed by atoms with Crippen LogP contribution in [0.1, 0.15) is 28.3 Å². The summed E-state index contributed by atoms with van der Waals surface area (Å²) in [7, 11) is 4.06. The predicted octanol–water partition coefficient (Wildman–Crippen LogP) is 4.07. The van der Waals surface area contributed by atoms with Gasteiger partial charge in [-0.1, -0.05) is 0 Å². The Kier molecular flexibility index (Phi) is 5.25. The molecule has 0 aliphatic rings. The average Bonchev–Trinajstić information content (AvgIpc) is 3.19. The molecule has 0 saturated carbocycles. The molecule has 1 N–H and O–H groups in total. The summed E-state index contributed by atoms with van der Waals surface area (Å²) in [6.07, 6.45) is 2.03. The van der Waals surface area contributed by atoms with Crippen molar-refractivity contribution in [2.24, 2.45) is 0 Å². The number of thiophene rings is 1. The number of aryl methyl sites for hydroxylation is 2. The van der Waals surface area contributed by atoms with E-state index in [1.54, 1.807) is 17.6 Å². The zero-order valence-electron chi connectivity index (χ0n) is 15.1. The summed E-state index contributed by atoms with van der Waals surface area (Å²) in [5.74, 6) is 0.0167. The van der Waals surface area contributed by atoms with E-state index in [0.29, 0.717) is 13.0 Å². The molecule has 25 heavy (non-hydrogen) atoms. The molecule has 1 aromatic carbocycles. The van der Waals surface area contributed by atoms with Gasteiger partial charge in [0, 0.05) is 17.5 Å². The van der Waals surface area contributed by atoms with Crippen LogP contribution in [0.15, 0.2) is 39.6 Å². The summed E-state index contributed by atoms with van der Waals surface area (Å²) in [5, 5.41) is 8.29. The Morgan fingerprint density at radius 2 is 2.04 bits per heavy atom. The molecule has 132 valence electrons. The van der Waals surface area contributed by atoms with Gasteiger partial charge in [-0.15, -0.1) is 0 Å². The SMILES string of the molecule is Cc1cc2occ(CC(=O)NCC(c3ccsc3)N(C)C)c2cc1C. The Bertz CT molecular complexity index is 865. The van der Waals surface area contributed by atoms with E-state index in [9.17, 15) is 4.79 Å². The van der Waals surface area contributed by atoms with Gasteiger partial charge in [0.05, 0.1) is 18.7 Å². The minimum atomic E-state index is 0.0167. The van der Waals surface area contributed by atoms with E-state index in [1.165, 1.54) is 16.7 Å². The minimum absolute atomic E-state index is 0.0167. The van der Waals surface area contributed by atoms with Crippen molar-refractivity contribution in [3.63, 3.8) is 0 Å². The van der Waals surface area contributed by atoms with Crippen LogP contribution in [0.5, 0.6) is 0 Å². The Morgan fingerprint density at radius 1 is 1.28 bits per heavy atom. The molecule has 0 aliphatic heterocycles. The molecule has 0 radical (unpaired) electrons. The fraction of sp³-hybridized carbons (Fsp3) is 0.350. The predicted molar refractivity (Wildman–Crippen MR) is 103 cm³/mol. The summed E-state index contributed by atoms with van der Waals surface area (Å²) < 4.78 is 5.62. The van der Waals surface area contributed by atoms with Crippen LogP contribution in [0.4, 0.5) is 0 Å². The third kappa shape index (κ3) is 3.94. The lowest BCUT2D eigenvalue weighted by molar-refractivity contribution is -0.120. The lowest BCUT2D eigenvalue weighted by atomic mass is 10.0. The number of fused-ring (bicyclic) bond motifs is 1. The monoisotopic (exact) mass is 356 g/mol. The van der Waals surface area contributed by atoms with Crippen molar-refractivity contribution in [1.29, 1.82) is 0 Å². The summed E-state index contributed by atoms with van der Waals surface area (Å²) in [6.45, 7) is 4.74. The van der Waals surface area contributed by atoms with E-state index in [1.807, 2.05) is 20.2 Å². The zero-order chi connectivity index (χ0) is 18.0. The third-order valence-electron chi connectivity index (χ3n) is 4.66. The molecule has 4 nitrogen and oxygen atoms in total. The highest BCUT2D eigenvalue weighted by atomic mass is 32.1. The van der Waals surface area contributed by atoms with E-state index in [4.69, 9.17) is 4.42 Å². The normalized spacial score (nSPS) is 12.7. The average molecular weight is 356 g/mol. The van der Waals surface area contributed by atoms with Gasteiger partial charge in [-0.3, -0.25) is 4.79 Å². The van der Waals surface area contributed by atoms with Crippen molar-refractivity contribution < 1.29 is 9.21 Å². The van der Waals surface area contributed by atoms with Gasteiger partial charge in [0.2, 0.25) is 5.91 Å². The zero-order valence-corrected chi connectivity index (χ0v) is 15.9. The minimum Gasteiger partial charge on any atom is -0.464 e. The van der Waals surface area contributed by atoms with Crippen LogP contribution in [0.2, 0.25) is 0 Å². The number of nitrogens with zero attached hydrogens (tertiary/aromatic N) is 1. The molecule has 1 atom stereocenters. The second kappa shape index (κ2) is 7.42. The van der Waals surface area contributed by atoms with Gasteiger partial charge in [-0.05, 0) is 73.6 Å². The van der Waals surface area contributed by atoms with Gasteiger partial charge >= 0.3 is 0 Å². The number of benzene rings is 1. The van der Waals surface area contributed by atoms with E-state index in [-0.39, 0.29) is 11.9 Å². The quantitative estimate of drug-likeness (QED) is 0.724. The Morgan fingerprint density at radius 3 is 2.72 bits per heavy atom. The molecule has 2 aromatic heterocycles. The summed E-state index contributed by atoms with van der Waals surface area (Å²) in [5.41, 5.74) is 5.42. The van der Waals surface area contributed by atoms with Gasteiger partial charge < -0.3 is 14.6 Å². The molecule has 0 fully saturated rings. The van der Waals surface area contributed by atoms with Crippen LogP contribution < -0.4 is 5.32 Å². The molecule has 0 aliphatic carbocycles. The number of rotatable bonds is 6. The molecule has 1 amide bonds. The topological polar surface area (TPSA) is 45.5 Å². The van der Waals surface area contributed by atoms with Crippen LogP contribution in [0, 0.1) is 13.8 Å². The van der Waals surface area contributed by atoms with Crippen LogP contribution >= 0.6 is 11.3 Å². The molecule has 3 aromatic rings. The molecule has 0 bridgehead atoms. The van der Waals surface area contributed by atoms with E-state index in [0.717, 1.165) is 16.5 Å². The number of hydrogen-bond donors (Lipinski definition) is 1.